The van der Waals surface area contributed by atoms with Crippen LogP contribution in [0.1, 0.15) is 22.8 Å². The number of benzene rings is 4. The average molecular weight is 714 g/mol. The average Bonchev–Trinajstić information content (AvgIpc) is 3.54. The number of thioether (sulfide) groups is 1. The van der Waals surface area contributed by atoms with Crippen LogP contribution in [0.25, 0.3) is 17.3 Å². The minimum absolute atomic E-state index is 0.0849. The van der Waals surface area contributed by atoms with E-state index in [0.717, 1.165) is 31.9 Å². The van der Waals surface area contributed by atoms with E-state index in [0.29, 0.717) is 23.0 Å². The third kappa shape index (κ3) is 9.40. The van der Waals surface area contributed by atoms with Crippen molar-refractivity contribution in [1.82, 2.24) is 10.3 Å². The van der Waals surface area contributed by atoms with Crippen LogP contribution in [0.3, 0.4) is 0 Å². The van der Waals surface area contributed by atoms with Crippen molar-refractivity contribution < 1.29 is 19.1 Å². The Balaban J connectivity index is 1.20. The quantitative estimate of drug-likeness (QED) is 0.0891. The maximum Gasteiger partial charge on any atom is 0.272 e. The highest BCUT2D eigenvalue weighted by Gasteiger charge is 2.16. The number of ether oxygens (including phenoxy) is 1. The van der Waals surface area contributed by atoms with Crippen LogP contribution < -0.4 is 20.7 Å². The third-order valence-corrected chi connectivity index (χ3v) is 8.66. The summed E-state index contributed by atoms with van der Waals surface area (Å²) in [6.07, 6.45) is 1.62. The van der Waals surface area contributed by atoms with Crippen LogP contribution in [0.15, 0.2) is 124 Å². The first-order valence-corrected chi connectivity index (χ1v) is 16.9. The SMILES string of the molecule is CCOc1ccc(-c2csc(NC(=O)CSc3cccc(NC(=O)/C(=C/c4ccc(Br)cc4)NC(=O)c4ccccc4)c3)n2)cc1. The van der Waals surface area contributed by atoms with E-state index in [1.807, 2.05) is 73.0 Å². The smallest absolute Gasteiger partial charge is 0.272 e. The van der Waals surface area contributed by atoms with Crippen LogP contribution in [0.4, 0.5) is 10.8 Å². The van der Waals surface area contributed by atoms with Gasteiger partial charge >= 0.3 is 0 Å². The summed E-state index contributed by atoms with van der Waals surface area (Å²) in [6.45, 7) is 2.54. The first-order valence-electron chi connectivity index (χ1n) is 14.2. The van der Waals surface area contributed by atoms with E-state index in [-0.39, 0.29) is 17.4 Å². The predicted octanol–water partition coefficient (Wildman–Crippen LogP) is 8.11. The molecule has 0 atom stereocenters. The first-order chi connectivity index (χ1) is 22.4. The second-order valence-corrected chi connectivity index (χ2v) is 12.6. The van der Waals surface area contributed by atoms with Crippen molar-refractivity contribution in [2.75, 3.05) is 23.0 Å². The molecule has 11 heteroatoms. The Morgan fingerprint density at radius 2 is 1.67 bits per heavy atom. The van der Waals surface area contributed by atoms with E-state index in [1.165, 1.54) is 23.1 Å². The van der Waals surface area contributed by atoms with Crippen LogP contribution in [-0.4, -0.2) is 35.1 Å². The number of hydrogen-bond donors (Lipinski definition) is 3. The molecule has 0 bridgehead atoms. The molecule has 1 aromatic heterocycles. The first kappa shape index (κ1) is 32.7. The summed E-state index contributed by atoms with van der Waals surface area (Å²) in [5.41, 5.74) is 3.48. The zero-order valence-corrected chi connectivity index (χ0v) is 27.9. The van der Waals surface area contributed by atoms with Crippen LogP contribution in [0.2, 0.25) is 0 Å². The second-order valence-electron chi connectivity index (χ2n) is 9.74. The van der Waals surface area contributed by atoms with Gasteiger partial charge in [0, 0.05) is 31.6 Å². The topological polar surface area (TPSA) is 109 Å². The fourth-order valence-corrected chi connectivity index (χ4v) is 5.94. The third-order valence-electron chi connectivity index (χ3n) is 6.38. The highest BCUT2D eigenvalue weighted by molar-refractivity contribution is 9.10. The number of carbonyl (C=O) groups is 3. The van der Waals surface area contributed by atoms with E-state index in [1.54, 1.807) is 48.5 Å². The van der Waals surface area contributed by atoms with E-state index in [2.05, 4.69) is 36.9 Å². The van der Waals surface area contributed by atoms with E-state index in [9.17, 15) is 14.4 Å². The standard InChI is InChI=1S/C35H29BrN4O4S2/c1-2-44-28-17-13-24(14-18-28)31-21-46-35(39-31)40-32(41)22-45-29-10-6-9-27(20-29)37-34(43)30(19-23-11-15-26(36)16-12-23)38-33(42)25-7-4-3-5-8-25/h3-21H,2,22H2,1H3,(H,37,43)(H,38,42)(H,39,40,41)/b30-19-. The molecule has 8 nitrogen and oxygen atoms in total. The lowest BCUT2D eigenvalue weighted by Gasteiger charge is -2.12. The van der Waals surface area contributed by atoms with Gasteiger partial charge in [0.15, 0.2) is 5.13 Å². The van der Waals surface area contributed by atoms with Gasteiger partial charge in [0.05, 0.1) is 18.1 Å². The van der Waals surface area contributed by atoms with Gasteiger partial charge in [0.25, 0.3) is 11.8 Å². The van der Waals surface area contributed by atoms with Gasteiger partial charge in [-0.05, 0) is 85.3 Å². The molecule has 5 aromatic rings. The van der Waals surface area contributed by atoms with Crippen LogP contribution >= 0.6 is 39.0 Å². The summed E-state index contributed by atoms with van der Waals surface area (Å²) in [5.74, 6) is -0.143. The number of nitrogens with one attached hydrogen (secondary N) is 3. The van der Waals surface area contributed by atoms with Gasteiger partial charge < -0.3 is 20.7 Å². The Labute approximate surface area is 283 Å². The summed E-state index contributed by atoms with van der Waals surface area (Å²) >= 11 is 6.10. The maximum absolute atomic E-state index is 13.4. The van der Waals surface area contributed by atoms with Crippen molar-refractivity contribution in [1.29, 1.82) is 0 Å². The Bertz CT molecular complexity index is 1840. The Morgan fingerprint density at radius 3 is 2.41 bits per heavy atom. The number of aromatic nitrogens is 1. The monoisotopic (exact) mass is 712 g/mol. The number of amides is 3. The molecular formula is C35H29BrN4O4S2. The molecule has 3 N–H and O–H groups in total. The molecule has 5 rings (SSSR count). The molecule has 0 aliphatic rings. The normalized spacial score (nSPS) is 11.0. The van der Waals surface area contributed by atoms with Crippen LogP contribution in [0, 0.1) is 0 Å². The molecule has 232 valence electrons. The molecule has 1 heterocycles. The van der Waals surface area contributed by atoms with Gasteiger partial charge in [-0.15, -0.1) is 23.1 Å². The van der Waals surface area contributed by atoms with Crippen LogP contribution in [-0.2, 0) is 9.59 Å². The zero-order valence-electron chi connectivity index (χ0n) is 24.7. The summed E-state index contributed by atoms with van der Waals surface area (Å²) in [4.78, 5) is 44.3. The predicted molar refractivity (Wildman–Crippen MR) is 189 cm³/mol. The molecule has 0 fully saturated rings. The molecule has 0 unspecified atom stereocenters. The number of hydrogen-bond acceptors (Lipinski definition) is 7. The molecule has 0 aliphatic heterocycles. The molecule has 0 aliphatic carbocycles. The molecule has 4 aromatic carbocycles. The number of anilines is 2. The van der Waals surface area contributed by atoms with Crippen molar-refractivity contribution in [2.45, 2.75) is 11.8 Å². The Kier molecular flexibility index (Phi) is 11.4. The molecule has 3 amide bonds. The number of thiazole rings is 1. The van der Waals surface area contributed by atoms with Gasteiger partial charge in [0.1, 0.15) is 11.4 Å². The summed E-state index contributed by atoms with van der Waals surface area (Å²) in [6, 6.07) is 30.9. The van der Waals surface area contributed by atoms with Gasteiger partial charge in [-0.2, -0.15) is 0 Å². The lowest BCUT2D eigenvalue weighted by atomic mass is 10.1. The molecular weight excluding hydrogens is 684 g/mol. The van der Waals surface area contributed by atoms with Crippen molar-refractivity contribution in [2.24, 2.45) is 0 Å². The summed E-state index contributed by atoms with van der Waals surface area (Å²) < 4.78 is 6.39. The molecule has 46 heavy (non-hydrogen) atoms. The zero-order chi connectivity index (χ0) is 32.3. The van der Waals surface area contributed by atoms with Gasteiger partial charge in [0.2, 0.25) is 5.91 Å². The lowest BCUT2D eigenvalue weighted by Crippen LogP contribution is -2.30. The number of nitrogens with zero attached hydrogens (tertiary/aromatic N) is 1. The van der Waals surface area contributed by atoms with E-state index < -0.39 is 11.8 Å². The van der Waals surface area contributed by atoms with Gasteiger partial charge in [-0.25, -0.2) is 4.98 Å². The minimum Gasteiger partial charge on any atom is -0.494 e. The number of carbonyl (C=O) groups excluding carboxylic acids is 3. The van der Waals surface area contributed by atoms with E-state index >= 15 is 0 Å². The molecule has 0 saturated carbocycles. The number of halogens is 1. The largest absolute Gasteiger partial charge is 0.494 e. The summed E-state index contributed by atoms with van der Waals surface area (Å²) in [5, 5.41) is 10.9. The fraction of sp³-hybridized carbons (Fsp3) is 0.0857. The Morgan fingerprint density at radius 1 is 0.913 bits per heavy atom. The Hall–Kier alpha value is -4.71. The minimum atomic E-state index is -0.487. The summed E-state index contributed by atoms with van der Waals surface area (Å²) in [7, 11) is 0. The van der Waals surface area contributed by atoms with Gasteiger partial charge in [-0.3, -0.25) is 14.4 Å². The number of rotatable bonds is 12. The van der Waals surface area contributed by atoms with Gasteiger partial charge in [-0.1, -0.05) is 52.3 Å². The van der Waals surface area contributed by atoms with Crippen molar-refractivity contribution in [3.63, 3.8) is 0 Å². The maximum atomic E-state index is 13.4. The molecule has 0 spiro atoms. The fourth-order valence-electron chi connectivity index (χ4n) is 4.19. The highest BCUT2D eigenvalue weighted by atomic mass is 79.9. The highest BCUT2D eigenvalue weighted by Crippen LogP contribution is 2.27. The van der Waals surface area contributed by atoms with E-state index in [4.69, 9.17) is 4.74 Å². The second kappa shape index (κ2) is 16.0. The van der Waals surface area contributed by atoms with Crippen molar-refractivity contribution in [3.8, 4) is 17.0 Å². The van der Waals surface area contributed by atoms with Crippen LogP contribution in [0.5, 0.6) is 5.75 Å². The lowest BCUT2D eigenvalue weighted by molar-refractivity contribution is -0.114. The van der Waals surface area contributed by atoms with Crippen molar-refractivity contribution >= 4 is 73.6 Å². The van der Waals surface area contributed by atoms with Crippen molar-refractivity contribution in [3.05, 3.63) is 130 Å². The molecule has 0 radical (unpaired) electrons. The molecule has 0 saturated heterocycles.